The van der Waals surface area contributed by atoms with Gasteiger partial charge in [0, 0.05) is 44.0 Å². The van der Waals surface area contributed by atoms with Crippen molar-refractivity contribution in [3.05, 3.63) is 54.4 Å². The lowest BCUT2D eigenvalue weighted by molar-refractivity contribution is 0.301. The van der Waals surface area contributed by atoms with Gasteiger partial charge in [-0.25, -0.2) is 9.97 Å². The van der Waals surface area contributed by atoms with E-state index in [1.807, 2.05) is 30.3 Å². The first-order valence-corrected chi connectivity index (χ1v) is 11.1. The van der Waals surface area contributed by atoms with E-state index in [1.54, 1.807) is 33.7 Å². The summed E-state index contributed by atoms with van der Waals surface area (Å²) >= 11 is 0. The second-order valence-corrected chi connectivity index (χ2v) is 8.05. The van der Waals surface area contributed by atoms with Gasteiger partial charge >= 0.3 is 0 Å². The maximum Gasteiger partial charge on any atom is 0.227 e. The normalized spacial score (nSPS) is 13.9. The number of aromatic nitrogens is 2. The predicted molar refractivity (Wildman–Crippen MR) is 132 cm³/mol. The average Bonchev–Trinajstić information content (AvgIpc) is 2.88. The van der Waals surface area contributed by atoms with Crippen molar-refractivity contribution >= 4 is 17.3 Å². The lowest BCUT2D eigenvalue weighted by Gasteiger charge is -2.34. The number of rotatable bonds is 9. The Morgan fingerprint density at radius 2 is 1.50 bits per heavy atom. The molecule has 1 N–H and O–H groups in total. The van der Waals surface area contributed by atoms with Crippen molar-refractivity contribution < 1.29 is 18.9 Å². The Hall–Kier alpha value is -3.72. The van der Waals surface area contributed by atoms with E-state index in [9.17, 15) is 0 Å². The zero-order chi connectivity index (χ0) is 23.9. The first-order chi connectivity index (χ1) is 16.6. The molecule has 0 atom stereocenters. The third-order valence-electron chi connectivity index (χ3n) is 5.72. The maximum atomic E-state index is 5.83. The van der Waals surface area contributed by atoms with Crippen LogP contribution in [-0.4, -0.2) is 69.4 Å². The summed E-state index contributed by atoms with van der Waals surface area (Å²) in [5.41, 5.74) is 2.87. The second-order valence-electron chi connectivity index (χ2n) is 8.05. The van der Waals surface area contributed by atoms with E-state index in [4.69, 9.17) is 18.9 Å². The number of piperazine rings is 1. The Morgan fingerprint density at radius 1 is 0.824 bits per heavy atom. The molecule has 1 aliphatic rings. The molecule has 0 aliphatic carbocycles. The van der Waals surface area contributed by atoms with Crippen LogP contribution in [0.3, 0.4) is 0 Å². The summed E-state index contributed by atoms with van der Waals surface area (Å²) in [6, 6.07) is 11.7. The molecule has 0 spiro atoms. The molecule has 180 valence electrons. The number of hydrogen-bond donors (Lipinski definition) is 1. The molecule has 9 nitrogen and oxygen atoms in total. The van der Waals surface area contributed by atoms with Crippen molar-refractivity contribution in [1.29, 1.82) is 0 Å². The van der Waals surface area contributed by atoms with Crippen molar-refractivity contribution in [3.8, 4) is 23.0 Å². The van der Waals surface area contributed by atoms with E-state index >= 15 is 0 Å². The Morgan fingerprint density at radius 3 is 2.12 bits per heavy atom. The Labute approximate surface area is 200 Å². The SMILES string of the molecule is COc1cc(COc2cnc(Nc3ccc(N4CCN(C)CC4)c(OC)c3)nc2)cc(OC)c1. The van der Waals surface area contributed by atoms with Crippen molar-refractivity contribution in [2.75, 3.05) is 64.8 Å². The number of ether oxygens (including phenoxy) is 4. The smallest absolute Gasteiger partial charge is 0.227 e. The van der Waals surface area contributed by atoms with Crippen LogP contribution in [-0.2, 0) is 6.61 Å². The van der Waals surface area contributed by atoms with Crippen LogP contribution in [0.1, 0.15) is 5.56 Å². The molecule has 1 saturated heterocycles. The molecule has 1 aromatic heterocycles. The Kier molecular flexibility index (Phi) is 7.54. The molecule has 2 heterocycles. The monoisotopic (exact) mass is 465 g/mol. The minimum atomic E-state index is 0.342. The van der Waals surface area contributed by atoms with Gasteiger partial charge in [-0.05, 0) is 36.9 Å². The fourth-order valence-electron chi connectivity index (χ4n) is 3.76. The van der Waals surface area contributed by atoms with Gasteiger partial charge in [-0.2, -0.15) is 0 Å². The average molecular weight is 466 g/mol. The van der Waals surface area contributed by atoms with Crippen LogP contribution in [0.25, 0.3) is 0 Å². The van der Waals surface area contributed by atoms with Crippen LogP contribution in [0.4, 0.5) is 17.3 Å². The summed E-state index contributed by atoms with van der Waals surface area (Å²) < 4.78 is 22.1. The highest BCUT2D eigenvalue weighted by molar-refractivity contribution is 5.67. The number of nitrogens with zero attached hydrogens (tertiary/aromatic N) is 4. The lowest BCUT2D eigenvalue weighted by Crippen LogP contribution is -2.44. The van der Waals surface area contributed by atoms with Gasteiger partial charge in [0.2, 0.25) is 5.95 Å². The van der Waals surface area contributed by atoms with Crippen LogP contribution in [0, 0.1) is 0 Å². The predicted octanol–water partition coefficient (Wildman–Crippen LogP) is 3.58. The summed E-state index contributed by atoms with van der Waals surface area (Å²) in [5.74, 6) is 3.29. The number of nitrogens with one attached hydrogen (secondary N) is 1. The van der Waals surface area contributed by atoms with E-state index in [2.05, 4.69) is 38.2 Å². The van der Waals surface area contributed by atoms with Gasteiger partial charge in [-0.3, -0.25) is 0 Å². The quantitative estimate of drug-likeness (QED) is 0.510. The van der Waals surface area contributed by atoms with Crippen LogP contribution >= 0.6 is 0 Å². The minimum absolute atomic E-state index is 0.342. The number of anilines is 3. The van der Waals surface area contributed by atoms with Crippen LogP contribution in [0.5, 0.6) is 23.0 Å². The van der Waals surface area contributed by atoms with Crippen molar-refractivity contribution in [2.24, 2.45) is 0 Å². The molecule has 2 aromatic carbocycles. The summed E-state index contributed by atoms with van der Waals surface area (Å²) in [7, 11) is 7.08. The molecule has 0 bridgehead atoms. The highest BCUT2D eigenvalue weighted by Crippen LogP contribution is 2.32. The zero-order valence-corrected chi connectivity index (χ0v) is 20.1. The zero-order valence-electron chi connectivity index (χ0n) is 20.1. The fourth-order valence-corrected chi connectivity index (χ4v) is 3.76. The van der Waals surface area contributed by atoms with Crippen LogP contribution < -0.4 is 29.2 Å². The van der Waals surface area contributed by atoms with Gasteiger partial charge < -0.3 is 34.1 Å². The molecule has 0 unspecified atom stereocenters. The summed E-state index contributed by atoms with van der Waals surface area (Å²) in [4.78, 5) is 13.4. The van der Waals surface area contributed by atoms with Crippen LogP contribution in [0.15, 0.2) is 48.8 Å². The highest BCUT2D eigenvalue weighted by Gasteiger charge is 2.18. The third kappa shape index (κ3) is 5.79. The van der Waals surface area contributed by atoms with E-state index in [-0.39, 0.29) is 0 Å². The molecule has 0 amide bonds. The van der Waals surface area contributed by atoms with Gasteiger partial charge in [0.25, 0.3) is 0 Å². The number of hydrogen-bond acceptors (Lipinski definition) is 9. The van der Waals surface area contributed by atoms with Gasteiger partial charge in [0.1, 0.15) is 23.9 Å². The molecular formula is C25H31N5O4. The standard InChI is InChI=1S/C25H31N5O4/c1-29-7-9-30(10-8-29)23-6-5-19(13-24(23)33-4)28-25-26-15-22(16-27-25)34-17-18-11-20(31-2)14-21(12-18)32-3/h5-6,11-16H,7-10,17H2,1-4H3,(H,26,27,28). The molecule has 0 radical (unpaired) electrons. The summed E-state index contributed by atoms with van der Waals surface area (Å²) in [6.45, 7) is 4.38. The van der Waals surface area contributed by atoms with E-state index in [0.29, 0.717) is 29.8 Å². The van der Waals surface area contributed by atoms with Crippen molar-refractivity contribution in [3.63, 3.8) is 0 Å². The maximum absolute atomic E-state index is 5.83. The van der Waals surface area contributed by atoms with E-state index in [0.717, 1.165) is 48.9 Å². The molecule has 1 aliphatic heterocycles. The van der Waals surface area contributed by atoms with E-state index < -0.39 is 0 Å². The largest absolute Gasteiger partial charge is 0.497 e. The molecule has 4 rings (SSSR count). The van der Waals surface area contributed by atoms with Gasteiger partial charge in [-0.15, -0.1) is 0 Å². The third-order valence-corrected chi connectivity index (χ3v) is 5.72. The molecule has 3 aromatic rings. The van der Waals surface area contributed by atoms with Crippen molar-refractivity contribution in [2.45, 2.75) is 6.61 Å². The topological polar surface area (TPSA) is 81.2 Å². The molecule has 0 saturated carbocycles. The molecule has 1 fully saturated rings. The second kappa shape index (κ2) is 10.9. The van der Waals surface area contributed by atoms with Gasteiger partial charge in [-0.1, -0.05) is 0 Å². The first-order valence-electron chi connectivity index (χ1n) is 11.1. The fraction of sp³-hybridized carbons (Fsp3) is 0.360. The summed E-state index contributed by atoms with van der Waals surface area (Å²) in [6.07, 6.45) is 3.28. The minimum Gasteiger partial charge on any atom is -0.497 e. The summed E-state index contributed by atoms with van der Waals surface area (Å²) in [5, 5.41) is 3.23. The molecular weight excluding hydrogens is 434 g/mol. The Bertz CT molecular complexity index is 1060. The van der Waals surface area contributed by atoms with Gasteiger partial charge in [0.15, 0.2) is 5.75 Å². The van der Waals surface area contributed by atoms with Crippen LogP contribution in [0.2, 0.25) is 0 Å². The van der Waals surface area contributed by atoms with Gasteiger partial charge in [0.05, 0.1) is 39.4 Å². The van der Waals surface area contributed by atoms with E-state index in [1.165, 1.54) is 0 Å². The highest BCUT2D eigenvalue weighted by atomic mass is 16.5. The lowest BCUT2D eigenvalue weighted by atomic mass is 10.2. The van der Waals surface area contributed by atoms with Crippen molar-refractivity contribution in [1.82, 2.24) is 14.9 Å². The molecule has 34 heavy (non-hydrogen) atoms. The number of methoxy groups -OCH3 is 3. The first kappa shape index (κ1) is 23.4. The number of benzene rings is 2. The Balaban J connectivity index is 1.38. The molecule has 9 heteroatoms. The number of likely N-dealkylation sites (N-methyl/N-ethyl adjacent to an activating group) is 1.